The summed E-state index contributed by atoms with van der Waals surface area (Å²) in [6, 6.07) is 3.96. The number of phenols is 1. The quantitative estimate of drug-likeness (QED) is 0.418. The van der Waals surface area contributed by atoms with Crippen LogP contribution in [0.15, 0.2) is 24.3 Å². The minimum atomic E-state index is -0.983. The summed E-state index contributed by atoms with van der Waals surface area (Å²) in [5.41, 5.74) is 3.52. The highest BCUT2D eigenvalue weighted by atomic mass is 16.5. The molecule has 0 radical (unpaired) electrons. The minimum absolute atomic E-state index is 0.0418. The van der Waals surface area contributed by atoms with Crippen molar-refractivity contribution >= 4 is 23.7 Å². The van der Waals surface area contributed by atoms with Crippen LogP contribution in [0.4, 0.5) is 0 Å². The Morgan fingerprint density at radius 1 is 1.25 bits per heavy atom. The number of hydrogen-bond donors (Lipinski definition) is 4. The molecule has 0 spiro atoms. The Kier molecular flexibility index (Phi) is 9.01. The standard InChI is InChI=1S/C22H32N4O6/c1-13(2)19(23-14(3)27)20(29)24-18(12-15-7-5-8-16(28)11-15)21(30)26-10-6-9-17(25-26)22(31)32-4/h5,7-8,11,13,17-19,25,28H,6,9-10,12H2,1-4H3,(H,23,27)(H,24,29)/t17-,18-,19-/m0/s1. The molecule has 0 unspecified atom stereocenters. The molecule has 3 atom stereocenters. The first-order chi connectivity index (χ1) is 15.1. The number of benzene rings is 1. The van der Waals surface area contributed by atoms with Gasteiger partial charge in [0.1, 0.15) is 23.9 Å². The van der Waals surface area contributed by atoms with Crippen LogP contribution >= 0.6 is 0 Å². The van der Waals surface area contributed by atoms with Gasteiger partial charge in [-0.05, 0) is 36.5 Å². The van der Waals surface area contributed by atoms with E-state index in [0.29, 0.717) is 24.9 Å². The molecule has 0 aromatic heterocycles. The van der Waals surface area contributed by atoms with Gasteiger partial charge in [-0.2, -0.15) is 0 Å². The van der Waals surface area contributed by atoms with Crippen LogP contribution in [-0.4, -0.2) is 65.6 Å². The van der Waals surface area contributed by atoms with Gasteiger partial charge in [-0.1, -0.05) is 26.0 Å². The summed E-state index contributed by atoms with van der Waals surface area (Å²) >= 11 is 0. The smallest absolute Gasteiger partial charge is 0.324 e. The third kappa shape index (κ3) is 6.94. The molecule has 1 fully saturated rings. The van der Waals surface area contributed by atoms with Crippen molar-refractivity contribution in [1.82, 2.24) is 21.1 Å². The first-order valence-corrected chi connectivity index (χ1v) is 10.6. The molecule has 3 amide bonds. The Bertz CT molecular complexity index is 843. The van der Waals surface area contributed by atoms with Crippen molar-refractivity contribution in [3.05, 3.63) is 29.8 Å². The maximum atomic E-state index is 13.3. The number of amides is 3. The largest absolute Gasteiger partial charge is 0.508 e. The lowest BCUT2D eigenvalue weighted by atomic mass is 10.0. The molecule has 4 N–H and O–H groups in total. The molecule has 1 aromatic carbocycles. The zero-order chi connectivity index (χ0) is 23.8. The third-order valence-electron chi connectivity index (χ3n) is 5.21. The highest BCUT2D eigenvalue weighted by Gasteiger charge is 2.34. The average Bonchev–Trinajstić information content (AvgIpc) is 2.75. The van der Waals surface area contributed by atoms with Gasteiger partial charge in [-0.15, -0.1) is 0 Å². The van der Waals surface area contributed by atoms with Crippen LogP contribution in [0.1, 0.15) is 39.2 Å². The zero-order valence-corrected chi connectivity index (χ0v) is 18.9. The molecule has 10 nitrogen and oxygen atoms in total. The van der Waals surface area contributed by atoms with Crippen LogP contribution in [0, 0.1) is 5.92 Å². The van der Waals surface area contributed by atoms with Crippen molar-refractivity contribution in [1.29, 1.82) is 0 Å². The normalized spacial score (nSPS) is 17.9. The maximum Gasteiger partial charge on any atom is 0.324 e. The van der Waals surface area contributed by atoms with Crippen LogP contribution in [0.25, 0.3) is 0 Å². The van der Waals surface area contributed by atoms with Crippen LogP contribution in [0.2, 0.25) is 0 Å². The van der Waals surface area contributed by atoms with Crippen molar-refractivity contribution in [2.45, 2.75) is 58.2 Å². The van der Waals surface area contributed by atoms with E-state index >= 15 is 0 Å². The van der Waals surface area contributed by atoms with Gasteiger partial charge < -0.3 is 20.5 Å². The summed E-state index contributed by atoms with van der Waals surface area (Å²) in [5.74, 6) is -1.90. The third-order valence-corrected chi connectivity index (χ3v) is 5.21. The van der Waals surface area contributed by atoms with Gasteiger partial charge in [-0.25, -0.2) is 5.43 Å². The van der Waals surface area contributed by atoms with Crippen LogP contribution < -0.4 is 16.1 Å². The number of rotatable bonds is 8. The van der Waals surface area contributed by atoms with Crippen LogP contribution in [-0.2, 0) is 30.3 Å². The van der Waals surface area contributed by atoms with Crippen molar-refractivity contribution in [2.75, 3.05) is 13.7 Å². The van der Waals surface area contributed by atoms with E-state index < -0.39 is 35.9 Å². The fourth-order valence-corrected chi connectivity index (χ4v) is 3.58. The summed E-state index contributed by atoms with van der Waals surface area (Å²) in [4.78, 5) is 49.8. The van der Waals surface area contributed by atoms with Gasteiger partial charge in [-0.3, -0.25) is 24.2 Å². The number of aromatic hydroxyl groups is 1. The van der Waals surface area contributed by atoms with Crippen molar-refractivity contribution in [3.8, 4) is 5.75 Å². The molecular formula is C22H32N4O6. The maximum absolute atomic E-state index is 13.3. The number of esters is 1. The number of nitrogens with zero attached hydrogens (tertiary/aromatic N) is 1. The van der Waals surface area contributed by atoms with Gasteiger partial charge in [0.2, 0.25) is 11.8 Å². The SMILES string of the molecule is COC(=O)[C@@H]1CCCN(C(=O)[C@H](Cc2cccc(O)c2)NC(=O)[C@@H](NC(C)=O)C(C)C)N1. The predicted molar refractivity (Wildman–Crippen MR) is 116 cm³/mol. The fourth-order valence-electron chi connectivity index (χ4n) is 3.58. The molecule has 1 aromatic rings. The first-order valence-electron chi connectivity index (χ1n) is 10.6. The lowest BCUT2D eigenvalue weighted by Crippen LogP contribution is -2.62. The zero-order valence-electron chi connectivity index (χ0n) is 18.9. The van der Waals surface area contributed by atoms with E-state index in [9.17, 15) is 24.3 Å². The second kappa shape index (κ2) is 11.5. The summed E-state index contributed by atoms with van der Waals surface area (Å²) in [6.07, 6.45) is 1.23. The molecule has 0 saturated carbocycles. The topological polar surface area (TPSA) is 137 Å². The van der Waals surface area contributed by atoms with Crippen molar-refractivity contribution in [2.24, 2.45) is 5.92 Å². The Morgan fingerprint density at radius 3 is 2.56 bits per heavy atom. The Labute approximate surface area is 187 Å². The Morgan fingerprint density at radius 2 is 1.97 bits per heavy atom. The number of carbonyl (C=O) groups excluding carboxylic acids is 4. The molecule has 32 heavy (non-hydrogen) atoms. The number of hydrazine groups is 1. The van der Waals surface area contributed by atoms with Gasteiger partial charge in [0.25, 0.3) is 5.91 Å². The highest BCUT2D eigenvalue weighted by molar-refractivity contribution is 5.92. The van der Waals surface area contributed by atoms with Gasteiger partial charge >= 0.3 is 5.97 Å². The van der Waals surface area contributed by atoms with E-state index in [-0.39, 0.29) is 24.0 Å². The molecule has 0 aliphatic carbocycles. The monoisotopic (exact) mass is 448 g/mol. The lowest BCUT2D eigenvalue weighted by molar-refractivity contribution is -0.151. The van der Waals surface area contributed by atoms with E-state index in [0.717, 1.165) is 0 Å². The Hall–Kier alpha value is -3.14. The minimum Gasteiger partial charge on any atom is -0.508 e. The molecular weight excluding hydrogens is 416 g/mol. The molecule has 1 aliphatic rings. The predicted octanol–water partition coefficient (Wildman–Crippen LogP) is 0.249. The molecule has 10 heteroatoms. The molecule has 1 saturated heterocycles. The highest BCUT2D eigenvalue weighted by Crippen LogP contribution is 2.16. The first kappa shape index (κ1) is 25.1. The number of carbonyl (C=O) groups is 4. The summed E-state index contributed by atoms with van der Waals surface area (Å²) in [5, 5.41) is 16.5. The average molecular weight is 449 g/mol. The number of ether oxygens (including phenoxy) is 1. The van der Waals surface area contributed by atoms with Gasteiger partial charge in [0.15, 0.2) is 0 Å². The second-order valence-corrected chi connectivity index (χ2v) is 8.19. The van der Waals surface area contributed by atoms with E-state index in [1.165, 1.54) is 31.2 Å². The van der Waals surface area contributed by atoms with E-state index in [2.05, 4.69) is 16.1 Å². The van der Waals surface area contributed by atoms with Gasteiger partial charge in [0, 0.05) is 19.9 Å². The number of methoxy groups -OCH3 is 1. The van der Waals surface area contributed by atoms with Gasteiger partial charge in [0.05, 0.1) is 7.11 Å². The van der Waals surface area contributed by atoms with E-state index in [4.69, 9.17) is 4.74 Å². The molecule has 176 valence electrons. The second-order valence-electron chi connectivity index (χ2n) is 8.19. The molecule has 1 heterocycles. The molecule has 2 rings (SSSR count). The number of nitrogens with one attached hydrogen (secondary N) is 3. The van der Waals surface area contributed by atoms with Crippen molar-refractivity contribution < 1.29 is 29.0 Å². The number of hydrogen-bond acceptors (Lipinski definition) is 7. The van der Waals surface area contributed by atoms with E-state index in [1.54, 1.807) is 26.0 Å². The summed E-state index contributed by atoms with van der Waals surface area (Å²) in [6.45, 7) is 5.26. The molecule has 1 aliphatic heterocycles. The molecule has 0 bridgehead atoms. The van der Waals surface area contributed by atoms with Crippen LogP contribution in [0.5, 0.6) is 5.75 Å². The van der Waals surface area contributed by atoms with Crippen molar-refractivity contribution in [3.63, 3.8) is 0 Å². The Balaban J connectivity index is 2.25. The number of phenolic OH excluding ortho intramolecular Hbond substituents is 1. The fraction of sp³-hybridized carbons (Fsp3) is 0.545. The lowest BCUT2D eigenvalue weighted by Gasteiger charge is -2.35. The summed E-state index contributed by atoms with van der Waals surface area (Å²) < 4.78 is 4.77. The van der Waals surface area contributed by atoms with E-state index in [1.807, 2.05) is 0 Å². The van der Waals surface area contributed by atoms with Crippen LogP contribution in [0.3, 0.4) is 0 Å². The summed E-state index contributed by atoms with van der Waals surface area (Å²) in [7, 11) is 1.28.